The molecule has 3 N–H and O–H groups in total. The van der Waals surface area contributed by atoms with Crippen LogP contribution in [-0.2, 0) is 15.0 Å². The minimum Gasteiger partial charge on any atom is -0.388 e. The Kier molecular flexibility index (Phi) is 5.97. The van der Waals surface area contributed by atoms with E-state index in [2.05, 4.69) is 16.7 Å². The molecule has 0 unspecified atom stereocenters. The average Bonchev–Trinajstić information content (AvgIpc) is 3.30. The number of benzene rings is 1. The number of aryl methyl sites for hydroxylation is 1. The molecule has 1 aliphatic rings. The van der Waals surface area contributed by atoms with Gasteiger partial charge in [-0.2, -0.15) is 0 Å². The molecule has 0 saturated heterocycles. The van der Waals surface area contributed by atoms with Crippen LogP contribution in [0.2, 0.25) is 0 Å². The first-order valence-electron chi connectivity index (χ1n) is 9.34. The quantitative estimate of drug-likeness (QED) is 0.686. The molecule has 1 aromatic carbocycles. The average molecular weight is 387 g/mol. The summed E-state index contributed by atoms with van der Waals surface area (Å²) in [6.07, 6.45) is 3.68. The summed E-state index contributed by atoms with van der Waals surface area (Å²) in [5.74, 6) is -1.26. The molecule has 2 aromatic rings. The normalized spacial score (nSPS) is 16.7. The van der Waals surface area contributed by atoms with Gasteiger partial charge in [0.15, 0.2) is 0 Å². The van der Waals surface area contributed by atoms with Crippen LogP contribution in [0.25, 0.3) is 0 Å². The van der Waals surface area contributed by atoms with E-state index in [9.17, 15) is 14.7 Å². The van der Waals surface area contributed by atoms with Gasteiger partial charge in [-0.3, -0.25) is 9.59 Å². The van der Waals surface area contributed by atoms with Crippen LogP contribution in [0.15, 0.2) is 36.4 Å². The fourth-order valence-corrected chi connectivity index (χ4v) is 4.85. The molecule has 0 radical (unpaired) electrons. The lowest BCUT2D eigenvalue weighted by molar-refractivity contribution is -0.136. The highest BCUT2D eigenvalue weighted by Crippen LogP contribution is 2.44. The lowest BCUT2D eigenvalue weighted by Gasteiger charge is -2.28. The van der Waals surface area contributed by atoms with Crippen molar-refractivity contribution in [1.29, 1.82) is 0 Å². The Balaban J connectivity index is 1.65. The number of carbonyl (C=O) groups is 2. The highest BCUT2D eigenvalue weighted by Gasteiger charge is 2.37. The van der Waals surface area contributed by atoms with Gasteiger partial charge < -0.3 is 15.7 Å². The van der Waals surface area contributed by atoms with Gasteiger partial charge in [0.1, 0.15) is 0 Å². The Labute approximate surface area is 163 Å². The van der Waals surface area contributed by atoms with E-state index >= 15 is 0 Å². The molecule has 1 atom stereocenters. The van der Waals surface area contributed by atoms with Crippen molar-refractivity contribution >= 4 is 28.8 Å². The maximum Gasteiger partial charge on any atom is 0.313 e. The molecule has 27 heavy (non-hydrogen) atoms. The monoisotopic (exact) mass is 386 g/mol. The second-order valence-electron chi connectivity index (χ2n) is 7.37. The summed E-state index contributed by atoms with van der Waals surface area (Å²) in [6.45, 7) is 4.13. The van der Waals surface area contributed by atoms with Crippen LogP contribution in [0.4, 0.5) is 5.69 Å². The largest absolute Gasteiger partial charge is 0.388 e. The highest BCUT2D eigenvalue weighted by molar-refractivity contribution is 7.12. The summed E-state index contributed by atoms with van der Waals surface area (Å²) < 4.78 is 0. The van der Waals surface area contributed by atoms with Gasteiger partial charge in [0.25, 0.3) is 0 Å². The molecule has 2 amide bonds. The molecule has 3 rings (SSSR count). The summed E-state index contributed by atoms with van der Waals surface area (Å²) in [5, 5.41) is 15.3. The van der Waals surface area contributed by atoms with E-state index in [-0.39, 0.29) is 5.41 Å². The summed E-state index contributed by atoms with van der Waals surface area (Å²) in [5.41, 5.74) is 1.49. The van der Waals surface area contributed by atoms with E-state index in [0.717, 1.165) is 36.1 Å². The van der Waals surface area contributed by atoms with Crippen molar-refractivity contribution in [3.05, 3.63) is 51.7 Å². The third-order valence-corrected chi connectivity index (χ3v) is 6.69. The van der Waals surface area contributed by atoms with Gasteiger partial charge in [-0.15, -0.1) is 11.3 Å². The smallest absolute Gasteiger partial charge is 0.313 e. The molecule has 1 fully saturated rings. The number of aliphatic hydroxyl groups is 1. The fourth-order valence-electron chi connectivity index (χ4n) is 3.66. The van der Waals surface area contributed by atoms with Gasteiger partial charge in [-0.25, -0.2) is 0 Å². The lowest BCUT2D eigenvalue weighted by Crippen LogP contribution is -2.43. The molecule has 5 nitrogen and oxygen atoms in total. The van der Waals surface area contributed by atoms with Crippen LogP contribution in [0, 0.1) is 6.92 Å². The number of hydrogen-bond acceptors (Lipinski definition) is 4. The Morgan fingerprint density at radius 3 is 2.56 bits per heavy atom. The third-order valence-electron chi connectivity index (χ3n) is 5.19. The summed E-state index contributed by atoms with van der Waals surface area (Å²) in [7, 11) is 0. The number of amides is 2. The standard InChI is InChI=1S/C21H26N2O3S/c1-14-6-5-7-16(12-14)23-20(26)19(25)22-13-21(10-3-4-11-21)18-9-8-17(27-18)15(2)24/h5-9,12,15,24H,3-4,10-11,13H2,1-2H3,(H,22,25)(H,23,26)/t15-/m1/s1. The number of hydrogen-bond donors (Lipinski definition) is 3. The highest BCUT2D eigenvalue weighted by atomic mass is 32.1. The van der Waals surface area contributed by atoms with Crippen LogP contribution < -0.4 is 10.6 Å². The molecule has 1 aliphatic carbocycles. The zero-order valence-electron chi connectivity index (χ0n) is 15.7. The van der Waals surface area contributed by atoms with Crippen LogP contribution in [-0.4, -0.2) is 23.5 Å². The maximum absolute atomic E-state index is 12.3. The van der Waals surface area contributed by atoms with Gasteiger partial charge in [0.2, 0.25) is 0 Å². The minimum absolute atomic E-state index is 0.142. The van der Waals surface area contributed by atoms with E-state index in [0.29, 0.717) is 12.2 Å². The summed E-state index contributed by atoms with van der Waals surface area (Å²) in [6, 6.07) is 11.4. The van der Waals surface area contributed by atoms with Crippen LogP contribution >= 0.6 is 11.3 Å². The van der Waals surface area contributed by atoms with Gasteiger partial charge >= 0.3 is 11.8 Å². The molecule has 0 aliphatic heterocycles. The van der Waals surface area contributed by atoms with Crippen LogP contribution in [0.1, 0.15) is 54.0 Å². The van der Waals surface area contributed by atoms with Crippen molar-refractivity contribution in [3.63, 3.8) is 0 Å². The molecule has 1 saturated carbocycles. The molecular formula is C21H26N2O3S. The zero-order valence-corrected chi connectivity index (χ0v) is 16.6. The van der Waals surface area contributed by atoms with Crippen LogP contribution in [0.3, 0.4) is 0 Å². The van der Waals surface area contributed by atoms with Gasteiger partial charge in [0.05, 0.1) is 6.10 Å². The topological polar surface area (TPSA) is 78.4 Å². The number of rotatable bonds is 5. The SMILES string of the molecule is Cc1cccc(NC(=O)C(=O)NCC2(c3ccc([C@@H](C)O)s3)CCCC2)c1. The van der Waals surface area contributed by atoms with Gasteiger partial charge in [0, 0.05) is 27.4 Å². The molecular weight excluding hydrogens is 360 g/mol. The maximum atomic E-state index is 12.3. The van der Waals surface area contributed by atoms with Crippen molar-refractivity contribution in [2.75, 3.05) is 11.9 Å². The van der Waals surface area contributed by atoms with E-state index in [1.165, 1.54) is 4.88 Å². The first-order chi connectivity index (χ1) is 12.9. The second-order valence-corrected chi connectivity index (χ2v) is 8.49. The Bertz CT molecular complexity index is 822. The first-order valence-corrected chi connectivity index (χ1v) is 10.2. The van der Waals surface area contributed by atoms with E-state index in [4.69, 9.17) is 0 Å². The van der Waals surface area contributed by atoms with Crippen molar-refractivity contribution in [2.45, 2.75) is 51.0 Å². The Hall–Kier alpha value is -2.18. The first kappa shape index (κ1) is 19.6. The number of carbonyl (C=O) groups excluding carboxylic acids is 2. The molecule has 0 bridgehead atoms. The number of nitrogens with one attached hydrogen (secondary N) is 2. The second kappa shape index (κ2) is 8.23. The number of thiophene rings is 1. The number of anilines is 1. The predicted octanol–water partition coefficient (Wildman–Crippen LogP) is 3.68. The van der Waals surface area contributed by atoms with E-state index in [1.54, 1.807) is 24.3 Å². The predicted molar refractivity (Wildman–Crippen MR) is 108 cm³/mol. The minimum atomic E-state index is -0.649. The Morgan fingerprint density at radius 2 is 1.93 bits per heavy atom. The van der Waals surface area contributed by atoms with Gasteiger partial charge in [-0.1, -0.05) is 25.0 Å². The lowest BCUT2D eigenvalue weighted by atomic mass is 9.84. The van der Waals surface area contributed by atoms with Crippen molar-refractivity contribution < 1.29 is 14.7 Å². The molecule has 0 spiro atoms. The summed E-state index contributed by atoms with van der Waals surface area (Å²) >= 11 is 1.60. The van der Waals surface area contributed by atoms with E-state index < -0.39 is 17.9 Å². The van der Waals surface area contributed by atoms with Crippen molar-refractivity contribution in [3.8, 4) is 0 Å². The fraction of sp³-hybridized carbons (Fsp3) is 0.429. The van der Waals surface area contributed by atoms with Crippen LogP contribution in [0.5, 0.6) is 0 Å². The number of aliphatic hydroxyl groups excluding tert-OH is 1. The molecule has 1 aromatic heterocycles. The third kappa shape index (κ3) is 4.57. The summed E-state index contributed by atoms with van der Waals surface area (Å²) in [4.78, 5) is 26.6. The molecule has 1 heterocycles. The van der Waals surface area contributed by atoms with E-state index in [1.807, 2.05) is 31.2 Å². The van der Waals surface area contributed by atoms with Crippen molar-refractivity contribution in [1.82, 2.24) is 5.32 Å². The Morgan fingerprint density at radius 1 is 1.19 bits per heavy atom. The molecule has 144 valence electrons. The van der Waals surface area contributed by atoms with Gasteiger partial charge in [-0.05, 0) is 56.5 Å². The van der Waals surface area contributed by atoms with Crippen molar-refractivity contribution in [2.24, 2.45) is 0 Å². The zero-order chi connectivity index (χ0) is 19.4. The molecule has 6 heteroatoms.